The Morgan fingerprint density at radius 1 is 1.43 bits per heavy atom. The minimum atomic E-state index is -4.18. The summed E-state index contributed by atoms with van der Waals surface area (Å²) in [6.07, 6.45) is 2.33. The highest BCUT2D eigenvalue weighted by molar-refractivity contribution is 7.49. The molecule has 2 amide bonds. The highest BCUT2D eigenvalue weighted by Crippen LogP contribution is 2.57. The molecule has 1 N–H and O–H groups in total. The lowest BCUT2D eigenvalue weighted by atomic mass is 9.61. The number of phosphoric ester groups is 1. The summed E-state index contributed by atoms with van der Waals surface area (Å²) in [5.41, 5.74) is 0.369. The standard InChI is InChI=1S/C17H18B2FN2O7P/c1-22(7-6-15(24)21-10-23)16-5-4-14(27-16)17(18,19)29-30(25)26-9-11-8-12(20)2-3-13(11)28-30/h2-3,6-8,10,14,16H,4-5,9H2,1H3,(H,21,23,24)/b7-6-. The first-order valence-corrected chi connectivity index (χ1v) is 10.4. The fourth-order valence-corrected chi connectivity index (χ4v) is 4.35. The van der Waals surface area contributed by atoms with Crippen molar-refractivity contribution < 1.29 is 36.9 Å². The van der Waals surface area contributed by atoms with E-state index in [0.29, 0.717) is 18.4 Å². The van der Waals surface area contributed by atoms with Gasteiger partial charge in [-0.05, 0) is 31.0 Å². The molecule has 0 saturated carbocycles. The van der Waals surface area contributed by atoms with Gasteiger partial charge in [-0.3, -0.25) is 24.0 Å². The molecular formula is C17H18B2FN2O7P. The summed E-state index contributed by atoms with van der Waals surface area (Å²) in [6, 6.07) is 3.65. The maximum absolute atomic E-state index is 13.3. The van der Waals surface area contributed by atoms with Crippen molar-refractivity contribution in [3.05, 3.63) is 41.9 Å². The number of benzene rings is 1. The van der Waals surface area contributed by atoms with Crippen LogP contribution in [0.2, 0.25) is 0 Å². The number of rotatable bonds is 7. The van der Waals surface area contributed by atoms with Crippen molar-refractivity contribution in [2.45, 2.75) is 37.2 Å². The molecule has 1 aromatic rings. The molecule has 13 heteroatoms. The topological polar surface area (TPSA) is 103 Å². The van der Waals surface area contributed by atoms with Gasteiger partial charge in [0.2, 0.25) is 6.41 Å². The molecule has 1 saturated heterocycles. The molecule has 2 heterocycles. The van der Waals surface area contributed by atoms with Crippen molar-refractivity contribution in [3.8, 4) is 5.75 Å². The molecule has 9 nitrogen and oxygen atoms in total. The molecule has 1 aromatic carbocycles. The van der Waals surface area contributed by atoms with E-state index < -0.39 is 37.3 Å². The number of amides is 2. The molecule has 0 aromatic heterocycles. The van der Waals surface area contributed by atoms with E-state index >= 15 is 0 Å². The Balaban J connectivity index is 1.61. The Labute approximate surface area is 175 Å². The molecule has 3 unspecified atom stereocenters. The first kappa shape index (κ1) is 22.6. The zero-order chi connectivity index (χ0) is 21.9. The summed E-state index contributed by atoms with van der Waals surface area (Å²) in [7, 11) is 9.48. The lowest BCUT2D eigenvalue weighted by Crippen LogP contribution is -2.47. The predicted molar refractivity (Wildman–Crippen MR) is 104 cm³/mol. The van der Waals surface area contributed by atoms with Crippen molar-refractivity contribution in [1.29, 1.82) is 0 Å². The van der Waals surface area contributed by atoms with Crippen LogP contribution in [0.25, 0.3) is 0 Å². The van der Waals surface area contributed by atoms with Gasteiger partial charge < -0.3 is 14.2 Å². The SMILES string of the molecule is [B]C([B])(OP1(=O)OCc2cc(F)ccc2O1)C1CCC(N(C)/C=C\C(=O)NC=O)O1. The van der Waals surface area contributed by atoms with Gasteiger partial charge in [0, 0.05) is 30.3 Å². The zero-order valence-corrected chi connectivity index (χ0v) is 16.9. The first-order valence-electron chi connectivity index (χ1n) is 8.93. The fraction of sp³-hybridized carbons (Fsp3) is 0.412. The van der Waals surface area contributed by atoms with Gasteiger partial charge in [-0.2, -0.15) is 0 Å². The second-order valence-corrected chi connectivity index (χ2v) is 8.29. The summed E-state index contributed by atoms with van der Waals surface area (Å²) < 4.78 is 47.6. The van der Waals surface area contributed by atoms with Gasteiger partial charge in [0.1, 0.15) is 33.5 Å². The number of hydrogen-bond donors (Lipinski definition) is 1. The minimum Gasteiger partial charge on any atom is -0.404 e. The van der Waals surface area contributed by atoms with E-state index in [1.54, 1.807) is 11.9 Å². The van der Waals surface area contributed by atoms with Crippen LogP contribution < -0.4 is 9.84 Å². The van der Waals surface area contributed by atoms with Crippen molar-refractivity contribution in [3.63, 3.8) is 0 Å². The van der Waals surface area contributed by atoms with E-state index in [1.165, 1.54) is 18.3 Å². The van der Waals surface area contributed by atoms with Gasteiger partial charge in [0.25, 0.3) is 5.91 Å². The molecule has 0 aliphatic carbocycles. The molecule has 3 rings (SSSR count). The average molecular weight is 434 g/mol. The first-order chi connectivity index (χ1) is 14.1. The Bertz CT molecular complexity index is 901. The minimum absolute atomic E-state index is 0.144. The van der Waals surface area contributed by atoms with Crippen LogP contribution in [0.1, 0.15) is 18.4 Å². The monoisotopic (exact) mass is 434 g/mol. The normalized spacial score (nSPS) is 26.1. The van der Waals surface area contributed by atoms with Crippen molar-refractivity contribution in [1.82, 2.24) is 10.2 Å². The third-order valence-corrected chi connectivity index (χ3v) is 5.90. The van der Waals surface area contributed by atoms with Crippen LogP contribution in [-0.4, -0.2) is 57.7 Å². The highest BCUT2D eigenvalue weighted by atomic mass is 31.2. The van der Waals surface area contributed by atoms with Gasteiger partial charge >= 0.3 is 7.82 Å². The number of ether oxygens (including phenoxy) is 1. The predicted octanol–water partition coefficient (Wildman–Crippen LogP) is 1.07. The molecule has 0 spiro atoms. The largest absolute Gasteiger partial charge is 0.529 e. The molecule has 30 heavy (non-hydrogen) atoms. The smallest absolute Gasteiger partial charge is 0.404 e. The zero-order valence-electron chi connectivity index (χ0n) is 16.0. The van der Waals surface area contributed by atoms with E-state index in [9.17, 15) is 18.5 Å². The van der Waals surface area contributed by atoms with Gasteiger partial charge in [-0.25, -0.2) is 8.96 Å². The maximum atomic E-state index is 13.3. The number of carbonyl (C=O) groups is 2. The maximum Gasteiger partial charge on any atom is 0.529 e. The second kappa shape index (κ2) is 8.93. The number of fused-ring (bicyclic) bond motifs is 1. The number of carbonyl (C=O) groups excluding carboxylic acids is 2. The Morgan fingerprint density at radius 2 is 2.20 bits per heavy atom. The molecule has 3 atom stereocenters. The summed E-state index contributed by atoms with van der Waals surface area (Å²) in [6.45, 7) is -0.203. The van der Waals surface area contributed by atoms with E-state index in [2.05, 4.69) is 0 Å². The number of phosphoric acid groups is 1. The summed E-state index contributed by atoms with van der Waals surface area (Å²) in [4.78, 5) is 23.1. The average Bonchev–Trinajstić information content (AvgIpc) is 3.17. The number of hydrogen-bond acceptors (Lipinski definition) is 8. The third kappa shape index (κ3) is 5.31. The third-order valence-electron chi connectivity index (χ3n) is 4.50. The van der Waals surface area contributed by atoms with E-state index in [1.807, 2.05) is 5.32 Å². The van der Waals surface area contributed by atoms with Gasteiger partial charge in [0.05, 0.1) is 12.7 Å². The van der Waals surface area contributed by atoms with E-state index in [0.717, 1.165) is 12.1 Å². The quantitative estimate of drug-likeness (QED) is 0.295. The van der Waals surface area contributed by atoms with Crippen LogP contribution in [0.5, 0.6) is 5.75 Å². The Kier molecular flexibility index (Phi) is 6.71. The van der Waals surface area contributed by atoms with Crippen LogP contribution in [0, 0.1) is 5.82 Å². The van der Waals surface area contributed by atoms with Crippen molar-refractivity contribution >= 4 is 35.8 Å². The number of halogens is 1. The summed E-state index contributed by atoms with van der Waals surface area (Å²) in [5, 5.41) is -0.0417. The molecule has 2 aliphatic heterocycles. The van der Waals surface area contributed by atoms with E-state index in [-0.39, 0.29) is 18.8 Å². The Hall–Kier alpha value is -2.13. The summed E-state index contributed by atoms with van der Waals surface area (Å²) >= 11 is 0. The van der Waals surface area contributed by atoms with Gasteiger partial charge in [0.15, 0.2) is 0 Å². The van der Waals surface area contributed by atoms with Crippen LogP contribution in [-0.2, 0) is 34.5 Å². The van der Waals surface area contributed by atoms with Gasteiger partial charge in [-0.1, -0.05) is 0 Å². The van der Waals surface area contributed by atoms with Crippen LogP contribution in [0.4, 0.5) is 4.39 Å². The van der Waals surface area contributed by atoms with Crippen LogP contribution in [0.3, 0.4) is 0 Å². The molecule has 0 bridgehead atoms. The second-order valence-electron chi connectivity index (χ2n) is 6.77. The molecule has 156 valence electrons. The van der Waals surface area contributed by atoms with E-state index in [4.69, 9.17) is 34.0 Å². The Morgan fingerprint density at radius 3 is 2.93 bits per heavy atom. The van der Waals surface area contributed by atoms with Crippen molar-refractivity contribution in [2.75, 3.05) is 7.05 Å². The van der Waals surface area contributed by atoms with Crippen LogP contribution in [0.15, 0.2) is 30.5 Å². The molecular weight excluding hydrogens is 416 g/mol. The lowest BCUT2D eigenvalue weighted by molar-refractivity contribution is -0.121. The molecule has 2 aliphatic rings. The van der Waals surface area contributed by atoms with Crippen LogP contribution >= 0.6 is 7.82 Å². The lowest BCUT2D eigenvalue weighted by Gasteiger charge is -2.37. The van der Waals surface area contributed by atoms with Gasteiger partial charge in [-0.15, -0.1) is 0 Å². The molecule has 4 radical (unpaired) electrons. The summed E-state index contributed by atoms with van der Waals surface area (Å²) in [5.74, 6) is -0.935. The fourth-order valence-electron chi connectivity index (χ4n) is 2.98. The highest BCUT2D eigenvalue weighted by Gasteiger charge is 2.45. The number of nitrogens with zero attached hydrogens (tertiary/aromatic N) is 1. The number of nitrogens with one attached hydrogen (secondary N) is 1. The number of imide groups is 1. The van der Waals surface area contributed by atoms with Crippen molar-refractivity contribution in [2.24, 2.45) is 0 Å². The molecule has 1 fully saturated rings.